The molecule has 1 heterocycles. The average Bonchev–Trinajstić information content (AvgIpc) is 2.97. The molecule has 1 aliphatic carbocycles. The van der Waals surface area contributed by atoms with Crippen LogP contribution in [0.2, 0.25) is 0 Å². The quantitative estimate of drug-likeness (QED) is 0.796. The second-order valence-electron chi connectivity index (χ2n) is 4.61. The first-order chi connectivity index (χ1) is 7.16. The van der Waals surface area contributed by atoms with Crippen molar-refractivity contribution in [3.05, 3.63) is 0 Å². The van der Waals surface area contributed by atoms with E-state index in [0.717, 1.165) is 25.3 Å². The largest absolute Gasteiger partial charge is 0.365 e. The Labute approximate surface area is 99.1 Å². The monoisotopic (exact) mass is 275 g/mol. The second-order valence-corrected chi connectivity index (χ2v) is 5.79. The number of hydrogen-bond acceptors (Lipinski definition) is 2. The van der Waals surface area contributed by atoms with Gasteiger partial charge in [-0.1, -0.05) is 15.9 Å². The van der Waals surface area contributed by atoms with Crippen molar-refractivity contribution in [2.24, 2.45) is 5.92 Å². The van der Waals surface area contributed by atoms with Crippen LogP contribution in [-0.2, 0) is 9.53 Å². The molecule has 3 unspecified atom stereocenters. The summed E-state index contributed by atoms with van der Waals surface area (Å²) in [5.41, 5.74) is 0. The van der Waals surface area contributed by atoms with Gasteiger partial charge in [0, 0.05) is 11.4 Å². The molecule has 86 valence electrons. The van der Waals surface area contributed by atoms with Crippen molar-refractivity contribution in [2.45, 2.75) is 49.6 Å². The normalized spacial score (nSPS) is 32.7. The molecule has 1 N–H and O–H groups in total. The lowest BCUT2D eigenvalue weighted by Gasteiger charge is -2.14. The first-order valence-electron chi connectivity index (χ1n) is 5.74. The van der Waals surface area contributed by atoms with Gasteiger partial charge in [0.2, 0.25) is 5.91 Å². The van der Waals surface area contributed by atoms with Crippen molar-refractivity contribution in [3.63, 3.8) is 0 Å². The van der Waals surface area contributed by atoms with Gasteiger partial charge in [0.15, 0.2) is 0 Å². The summed E-state index contributed by atoms with van der Waals surface area (Å²) in [6.07, 6.45) is 4.48. The summed E-state index contributed by atoms with van der Waals surface area (Å²) in [5, 5.41) is 2.96. The van der Waals surface area contributed by atoms with E-state index in [1.54, 1.807) is 0 Å². The number of nitrogens with one attached hydrogen (secondary N) is 1. The SMILES string of the molecule is CC1CCC(C(=O)NCC(Br)C2CC2)O1. The number of hydrogen-bond donors (Lipinski definition) is 1. The third-order valence-corrected chi connectivity index (χ3v) is 4.20. The lowest BCUT2D eigenvalue weighted by atomic mass is 10.2. The minimum atomic E-state index is -0.209. The van der Waals surface area contributed by atoms with E-state index < -0.39 is 0 Å². The third-order valence-electron chi connectivity index (χ3n) is 3.13. The summed E-state index contributed by atoms with van der Waals surface area (Å²) in [7, 11) is 0. The molecule has 0 aromatic carbocycles. The van der Waals surface area contributed by atoms with E-state index in [2.05, 4.69) is 21.2 Å². The molecule has 1 saturated carbocycles. The van der Waals surface area contributed by atoms with Crippen LogP contribution in [0.3, 0.4) is 0 Å². The molecule has 3 nitrogen and oxygen atoms in total. The van der Waals surface area contributed by atoms with E-state index >= 15 is 0 Å². The minimum Gasteiger partial charge on any atom is -0.365 e. The summed E-state index contributed by atoms with van der Waals surface area (Å²) >= 11 is 3.60. The smallest absolute Gasteiger partial charge is 0.249 e. The maximum absolute atomic E-state index is 11.7. The Morgan fingerprint density at radius 1 is 1.47 bits per heavy atom. The van der Waals surface area contributed by atoms with Gasteiger partial charge < -0.3 is 10.1 Å². The number of alkyl halides is 1. The van der Waals surface area contributed by atoms with Gasteiger partial charge in [0.05, 0.1) is 6.10 Å². The Kier molecular flexibility index (Phi) is 3.67. The molecule has 0 bridgehead atoms. The van der Waals surface area contributed by atoms with Gasteiger partial charge in [-0.15, -0.1) is 0 Å². The topological polar surface area (TPSA) is 38.3 Å². The lowest BCUT2D eigenvalue weighted by Crippen LogP contribution is -2.38. The summed E-state index contributed by atoms with van der Waals surface area (Å²) in [4.78, 5) is 12.1. The van der Waals surface area contributed by atoms with E-state index in [0.29, 0.717) is 4.83 Å². The standard InChI is InChI=1S/C11H18BrNO2/c1-7-2-5-10(15-7)11(14)13-6-9(12)8-3-4-8/h7-10H,2-6H2,1H3,(H,13,14). The van der Waals surface area contributed by atoms with Gasteiger partial charge in [0.1, 0.15) is 6.10 Å². The maximum atomic E-state index is 11.7. The molecule has 2 fully saturated rings. The highest BCUT2D eigenvalue weighted by atomic mass is 79.9. The van der Waals surface area contributed by atoms with Crippen LogP contribution in [0.15, 0.2) is 0 Å². The predicted molar refractivity (Wildman–Crippen MR) is 62.0 cm³/mol. The highest BCUT2D eigenvalue weighted by Crippen LogP contribution is 2.36. The van der Waals surface area contributed by atoms with Gasteiger partial charge in [-0.25, -0.2) is 0 Å². The molecular formula is C11H18BrNO2. The Morgan fingerprint density at radius 2 is 2.20 bits per heavy atom. The van der Waals surface area contributed by atoms with E-state index in [4.69, 9.17) is 4.74 Å². The van der Waals surface area contributed by atoms with Crippen LogP contribution in [-0.4, -0.2) is 29.5 Å². The number of amides is 1. The molecule has 1 saturated heterocycles. The van der Waals surface area contributed by atoms with Gasteiger partial charge in [-0.2, -0.15) is 0 Å². The molecule has 0 aromatic rings. The average molecular weight is 276 g/mol. The van der Waals surface area contributed by atoms with Crippen LogP contribution < -0.4 is 5.32 Å². The second kappa shape index (κ2) is 4.83. The Bertz CT molecular complexity index is 243. The highest BCUT2D eigenvalue weighted by Gasteiger charge is 2.31. The first kappa shape index (κ1) is 11.4. The van der Waals surface area contributed by atoms with E-state index in [1.807, 2.05) is 6.92 Å². The van der Waals surface area contributed by atoms with Crippen LogP contribution >= 0.6 is 15.9 Å². The summed E-state index contributed by atoms with van der Waals surface area (Å²) < 4.78 is 5.50. The number of ether oxygens (including phenoxy) is 1. The van der Waals surface area contributed by atoms with Crippen LogP contribution in [0, 0.1) is 5.92 Å². The summed E-state index contributed by atoms with van der Waals surface area (Å²) in [5.74, 6) is 0.832. The Morgan fingerprint density at radius 3 is 2.73 bits per heavy atom. The van der Waals surface area contributed by atoms with E-state index in [1.165, 1.54) is 12.8 Å². The third kappa shape index (κ3) is 3.18. The molecule has 3 atom stereocenters. The number of carbonyl (C=O) groups excluding carboxylic acids is 1. The van der Waals surface area contributed by atoms with Gasteiger partial charge in [0.25, 0.3) is 0 Å². The van der Waals surface area contributed by atoms with Crippen molar-refractivity contribution >= 4 is 21.8 Å². The molecule has 4 heteroatoms. The Hall–Kier alpha value is -0.0900. The zero-order valence-corrected chi connectivity index (χ0v) is 10.6. The predicted octanol–water partition coefficient (Wildman–Crippen LogP) is 1.84. The van der Waals surface area contributed by atoms with Gasteiger partial charge >= 0.3 is 0 Å². The van der Waals surface area contributed by atoms with Crippen LogP contribution in [0.4, 0.5) is 0 Å². The number of rotatable bonds is 4. The van der Waals surface area contributed by atoms with E-state index in [-0.39, 0.29) is 18.1 Å². The molecule has 2 aliphatic rings. The highest BCUT2D eigenvalue weighted by molar-refractivity contribution is 9.09. The van der Waals surface area contributed by atoms with E-state index in [9.17, 15) is 4.79 Å². The zero-order chi connectivity index (χ0) is 10.8. The van der Waals surface area contributed by atoms with Crippen molar-refractivity contribution in [1.82, 2.24) is 5.32 Å². The molecule has 1 amide bonds. The van der Waals surface area contributed by atoms with Crippen LogP contribution in [0.25, 0.3) is 0 Å². The van der Waals surface area contributed by atoms with Crippen molar-refractivity contribution in [1.29, 1.82) is 0 Å². The van der Waals surface area contributed by atoms with Crippen LogP contribution in [0.1, 0.15) is 32.6 Å². The summed E-state index contributed by atoms with van der Waals surface area (Å²) in [6.45, 7) is 2.75. The lowest BCUT2D eigenvalue weighted by molar-refractivity contribution is -0.131. The molecular weight excluding hydrogens is 258 g/mol. The zero-order valence-electron chi connectivity index (χ0n) is 9.04. The van der Waals surface area contributed by atoms with Gasteiger partial charge in [-0.3, -0.25) is 4.79 Å². The molecule has 15 heavy (non-hydrogen) atoms. The fourth-order valence-corrected chi connectivity index (χ4v) is 2.62. The fourth-order valence-electron chi connectivity index (χ4n) is 1.93. The summed E-state index contributed by atoms with van der Waals surface area (Å²) in [6, 6.07) is 0. The van der Waals surface area contributed by atoms with Crippen LogP contribution in [0.5, 0.6) is 0 Å². The van der Waals surface area contributed by atoms with Crippen molar-refractivity contribution in [2.75, 3.05) is 6.54 Å². The molecule has 0 aromatic heterocycles. The Balaban J connectivity index is 1.67. The molecule has 0 spiro atoms. The van der Waals surface area contributed by atoms with Crippen molar-refractivity contribution in [3.8, 4) is 0 Å². The maximum Gasteiger partial charge on any atom is 0.249 e. The number of carbonyl (C=O) groups is 1. The van der Waals surface area contributed by atoms with Gasteiger partial charge in [-0.05, 0) is 38.5 Å². The van der Waals surface area contributed by atoms with Crippen molar-refractivity contribution < 1.29 is 9.53 Å². The first-order valence-corrected chi connectivity index (χ1v) is 6.65. The minimum absolute atomic E-state index is 0.0597. The fraction of sp³-hybridized carbons (Fsp3) is 0.909. The molecule has 2 rings (SSSR count). The molecule has 1 aliphatic heterocycles. The molecule has 0 radical (unpaired) electrons. The number of halogens is 1.